The summed E-state index contributed by atoms with van der Waals surface area (Å²) < 4.78 is 9.83. The van der Waals surface area contributed by atoms with Crippen molar-refractivity contribution in [3.05, 3.63) is 67.6 Å². The van der Waals surface area contributed by atoms with E-state index in [1.807, 2.05) is 0 Å². The van der Waals surface area contributed by atoms with Gasteiger partial charge < -0.3 is 9.26 Å². The highest BCUT2D eigenvalue weighted by molar-refractivity contribution is 6.39. The number of methoxy groups -OCH3 is 1. The van der Waals surface area contributed by atoms with E-state index in [2.05, 4.69) is 15.6 Å². The maximum absolute atomic E-state index is 12.3. The number of benzene rings is 2. The van der Waals surface area contributed by atoms with Gasteiger partial charge >= 0.3 is 12.1 Å². The van der Waals surface area contributed by atoms with Gasteiger partial charge in [-0.1, -0.05) is 68.8 Å². The van der Waals surface area contributed by atoms with Crippen molar-refractivity contribution in [1.82, 2.24) is 5.16 Å². The molecule has 0 aliphatic heterocycles. The van der Waals surface area contributed by atoms with E-state index in [4.69, 9.17) is 60.5 Å². The second-order valence-corrected chi connectivity index (χ2v) is 7.33. The number of ether oxygens (including phenoxy) is 1. The summed E-state index contributed by atoms with van der Waals surface area (Å²) >= 11 is 24.4. The van der Waals surface area contributed by atoms with Crippen LogP contribution in [-0.4, -0.2) is 30.5 Å². The lowest BCUT2D eigenvalue weighted by molar-refractivity contribution is 0.0602. The standard InChI is InChI=1S/C19H11Cl4N3O5/c1-29-18(27)15-16(14-12(22)6-3-7-13(14)23)26-30-17(15)25-19(28)31-24-8-9-10(20)4-2-5-11(9)21/h2-8H,1H3,(H,25,28)/b24-8+. The fourth-order valence-electron chi connectivity index (χ4n) is 2.44. The second kappa shape index (κ2) is 10.0. The number of hydrogen-bond acceptors (Lipinski definition) is 7. The van der Waals surface area contributed by atoms with E-state index in [9.17, 15) is 9.59 Å². The van der Waals surface area contributed by atoms with Crippen LogP contribution in [0.1, 0.15) is 15.9 Å². The summed E-state index contributed by atoms with van der Waals surface area (Å²) in [5, 5.41) is 10.6. The number of hydrogen-bond donors (Lipinski definition) is 1. The second-order valence-electron chi connectivity index (χ2n) is 5.70. The molecule has 31 heavy (non-hydrogen) atoms. The molecule has 1 heterocycles. The van der Waals surface area contributed by atoms with Crippen LogP contribution < -0.4 is 5.32 Å². The molecule has 0 fully saturated rings. The maximum Gasteiger partial charge on any atom is 0.440 e. The van der Waals surface area contributed by atoms with Gasteiger partial charge in [0.05, 0.1) is 33.4 Å². The molecule has 3 rings (SSSR count). The predicted octanol–water partition coefficient (Wildman–Crippen LogP) is 6.32. The van der Waals surface area contributed by atoms with Gasteiger partial charge in [-0.25, -0.2) is 9.59 Å². The fourth-order valence-corrected chi connectivity index (χ4v) is 3.51. The Bertz CT molecular complexity index is 1140. The summed E-state index contributed by atoms with van der Waals surface area (Å²) in [6.07, 6.45) is 0.0680. The molecule has 0 atom stereocenters. The Kier molecular flexibility index (Phi) is 7.40. The van der Waals surface area contributed by atoms with E-state index in [0.717, 1.165) is 13.3 Å². The number of carbonyl (C=O) groups excluding carboxylic acids is 2. The zero-order valence-electron chi connectivity index (χ0n) is 15.5. The summed E-state index contributed by atoms with van der Waals surface area (Å²) in [4.78, 5) is 29.1. The first-order valence-corrected chi connectivity index (χ1v) is 9.82. The minimum absolute atomic E-state index is 0.0240. The number of aromatic nitrogens is 1. The minimum atomic E-state index is -1.09. The van der Waals surface area contributed by atoms with Gasteiger partial charge in [-0.3, -0.25) is 10.2 Å². The Morgan fingerprint density at radius 1 is 1.03 bits per heavy atom. The molecular formula is C19H11Cl4N3O5. The number of amides is 1. The SMILES string of the molecule is COC(=O)c1c(-c2c(Cl)cccc2Cl)noc1NC(=O)O/N=C/c1c(Cl)cccc1Cl. The number of nitrogens with zero attached hydrogens (tertiary/aromatic N) is 2. The molecule has 1 N–H and O–H groups in total. The van der Waals surface area contributed by atoms with Crippen LogP contribution >= 0.6 is 46.4 Å². The van der Waals surface area contributed by atoms with Crippen molar-refractivity contribution in [1.29, 1.82) is 0 Å². The van der Waals surface area contributed by atoms with Gasteiger partial charge in [0.25, 0.3) is 0 Å². The van der Waals surface area contributed by atoms with Crippen LogP contribution in [0.2, 0.25) is 20.1 Å². The van der Waals surface area contributed by atoms with Crippen molar-refractivity contribution < 1.29 is 23.7 Å². The molecule has 0 spiro atoms. The van der Waals surface area contributed by atoms with E-state index < -0.39 is 12.1 Å². The summed E-state index contributed by atoms with van der Waals surface area (Å²) in [5.41, 5.74) is 0.337. The van der Waals surface area contributed by atoms with Gasteiger partial charge in [0.15, 0.2) is 5.56 Å². The fraction of sp³-hybridized carbons (Fsp3) is 0.0526. The highest BCUT2D eigenvalue weighted by Gasteiger charge is 2.29. The van der Waals surface area contributed by atoms with Crippen LogP contribution in [0.4, 0.5) is 10.7 Å². The Hall–Kier alpha value is -2.78. The van der Waals surface area contributed by atoms with Crippen LogP contribution in [0.25, 0.3) is 11.3 Å². The molecule has 0 radical (unpaired) electrons. The maximum atomic E-state index is 12.3. The molecule has 1 aromatic heterocycles. The van der Waals surface area contributed by atoms with E-state index in [0.29, 0.717) is 15.6 Å². The van der Waals surface area contributed by atoms with Crippen molar-refractivity contribution in [2.75, 3.05) is 12.4 Å². The predicted molar refractivity (Wildman–Crippen MR) is 117 cm³/mol. The summed E-state index contributed by atoms with van der Waals surface area (Å²) in [6.45, 7) is 0. The lowest BCUT2D eigenvalue weighted by Crippen LogP contribution is -2.14. The summed E-state index contributed by atoms with van der Waals surface area (Å²) in [5.74, 6) is -1.21. The topological polar surface area (TPSA) is 103 Å². The number of esters is 1. The van der Waals surface area contributed by atoms with Gasteiger partial charge in [-0.05, 0) is 24.3 Å². The number of anilines is 1. The van der Waals surface area contributed by atoms with Gasteiger partial charge in [-0.15, -0.1) is 0 Å². The van der Waals surface area contributed by atoms with E-state index in [-0.39, 0.29) is 32.8 Å². The lowest BCUT2D eigenvalue weighted by Gasteiger charge is -2.06. The Balaban J connectivity index is 1.85. The van der Waals surface area contributed by atoms with Crippen molar-refractivity contribution in [3.8, 4) is 11.3 Å². The smallest absolute Gasteiger partial charge is 0.440 e. The molecule has 2 aromatic carbocycles. The molecule has 160 valence electrons. The Morgan fingerprint density at radius 3 is 2.19 bits per heavy atom. The molecule has 0 saturated carbocycles. The van der Waals surface area contributed by atoms with Gasteiger partial charge in [-0.2, -0.15) is 0 Å². The highest BCUT2D eigenvalue weighted by atomic mass is 35.5. The monoisotopic (exact) mass is 501 g/mol. The van der Waals surface area contributed by atoms with Gasteiger partial charge in [0, 0.05) is 11.1 Å². The van der Waals surface area contributed by atoms with Crippen LogP contribution in [0, 0.1) is 0 Å². The Morgan fingerprint density at radius 2 is 1.61 bits per heavy atom. The molecule has 0 bridgehead atoms. The van der Waals surface area contributed by atoms with Crippen molar-refractivity contribution >= 4 is 70.6 Å². The molecule has 0 saturated heterocycles. The van der Waals surface area contributed by atoms with Crippen LogP contribution in [0.15, 0.2) is 46.1 Å². The zero-order valence-corrected chi connectivity index (χ0v) is 18.5. The Labute approximate surface area is 195 Å². The van der Waals surface area contributed by atoms with Crippen molar-refractivity contribution in [2.24, 2.45) is 5.16 Å². The number of halogens is 4. The largest absolute Gasteiger partial charge is 0.465 e. The highest BCUT2D eigenvalue weighted by Crippen LogP contribution is 2.38. The summed E-state index contributed by atoms with van der Waals surface area (Å²) in [7, 11) is 1.15. The van der Waals surface area contributed by atoms with Crippen LogP contribution in [-0.2, 0) is 9.57 Å². The summed E-state index contributed by atoms with van der Waals surface area (Å²) in [6, 6.07) is 9.55. The number of rotatable bonds is 5. The average Bonchev–Trinajstić information content (AvgIpc) is 3.12. The van der Waals surface area contributed by atoms with E-state index in [1.54, 1.807) is 36.4 Å². The third-order valence-corrected chi connectivity index (χ3v) is 5.10. The van der Waals surface area contributed by atoms with Crippen LogP contribution in [0.5, 0.6) is 0 Å². The van der Waals surface area contributed by atoms with Gasteiger partial charge in [0.2, 0.25) is 5.88 Å². The van der Waals surface area contributed by atoms with E-state index >= 15 is 0 Å². The number of oxime groups is 1. The molecule has 0 unspecified atom stereocenters. The number of nitrogens with one attached hydrogen (secondary N) is 1. The first kappa shape index (κ1) is 22.9. The van der Waals surface area contributed by atoms with Crippen molar-refractivity contribution in [3.63, 3.8) is 0 Å². The molecular weight excluding hydrogens is 492 g/mol. The molecule has 3 aromatic rings. The van der Waals surface area contributed by atoms with Crippen molar-refractivity contribution in [2.45, 2.75) is 0 Å². The first-order chi connectivity index (χ1) is 14.8. The van der Waals surface area contributed by atoms with E-state index in [1.165, 1.54) is 0 Å². The third-order valence-electron chi connectivity index (χ3n) is 3.81. The van der Waals surface area contributed by atoms with Crippen LogP contribution in [0.3, 0.4) is 0 Å². The normalized spacial score (nSPS) is 10.9. The molecule has 0 aliphatic carbocycles. The molecule has 0 aliphatic rings. The van der Waals surface area contributed by atoms with Gasteiger partial charge in [0.1, 0.15) is 5.69 Å². The molecule has 8 nitrogen and oxygen atoms in total. The first-order valence-electron chi connectivity index (χ1n) is 8.31. The minimum Gasteiger partial charge on any atom is -0.465 e. The lowest BCUT2D eigenvalue weighted by atomic mass is 10.1. The average molecular weight is 503 g/mol. The quantitative estimate of drug-likeness (QED) is 0.189. The molecule has 12 heteroatoms. The number of carbonyl (C=O) groups is 2. The zero-order chi connectivity index (χ0) is 22.5. The third kappa shape index (κ3) is 5.11. The molecule has 1 amide bonds.